The van der Waals surface area contributed by atoms with Crippen molar-refractivity contribution in [1.29, 1.82) is 0 Å². The SMILES string of the molecule is C=C(Nc1cc2cc(-c3cccs3)ccc2cn1)c1ccnc(C2=CCN(C)CC2)c1. The number of pyridine rings is 2. The summed E-state index contributed by atoms with van der Waals surface area (Å²) in [7, 11) is 2.14. The Bertz CT molecular complexity index is 1270. The van der Waals surface area contributed by atoms with E-state index < -0.39 is 0 Å². The fourth-order valence-corrected chi connectivity index (χ4v) is 4.55. The van der Waals surface area contributed by atoms with Gasteiger partial charge in [0.2, 0.25) is 0 Å². The van der Waals surface area contributed by atoms with Crippen molar-refractivity contribution in [2.45, 2.75) is 6.42 Å². The summed E-state index contributed by atoms with van der Waals surface area (Å²) in [5.74, 6) is 0.790. The number of fused-ring (bicyclic) bond motifs is 1. The Balaban J connectivity index is 1.38. The average Bonchev–Trinajstić information content (AvgIpc) is 3.34. The van der Waals surface area contributed by atoms with E-state index in [0.29, 0.717) is 0 Å². The number of nitrogens with zero attached hydrogens (tertiary/aromatic N) is 3. The normalized spacial score (nSPS) is 14.4. The summed E-state index contributed by atoms with van der Waals surface area (Å²) in [6.45, 7) is 6.28. The van der Waals surface area contributed by atoms with E-state index in [4.69, 9.17) is 0 Å². The molecule has 0 saturated heterocycles. The van der Waals surface area contributed by atoms with Gasteiger partial charge >= 0.3 is 0 Å². The van der Waals surface area contributed by atoms with Gasteiger partial charge in [0.1, 0.15) is 5.82 Å². The van der Waals surface area contributed by atoms with Crippen molar-refractivity contribution >= 4 is 39.2 Å². The zero-order valence-electron chi connectivity index (χ0n) is 17.5. The lowest BCUT2D eigenvalue weighted by Gasteiger charge is -2.21. The van der Waals surface area contributed by atoms with Crippen LogP contribution in [0, 0.1) is 0 Å². The molecule has 3 aromatic heterocycles. The number of anilines is 1. The van der Waals surface area contributed by atoms with Gasteiger partial charge in [0.25, 0.3) is 0 Å². The van der Waals surface area contributed by atoms with Gasteiger partial charge in [0.05, 0.1) is 5.69 Å². The summed E-state index contributed by atoms with van der Waals surface area (Å²) >= 11 is 1.75. The van der Waals surface area contributed by atoms with Gasteiger partial charge < -0.3 is 10.2 Å². The van der Waals surface area contributed by atoms with Crippen LogP contribution in [0.15, 0.2) is 79.0 Å². The Morgan fingerprint density at radius 2 is 2.03 bits per heavy atom. The van der Waals surface area contributed by atoms with Crippen molar-refractivity contribution in [1.82, 2.24) is 14.9 Å². The third-order valence-electron chi connectivity index (χ3n) is 5.66. The number of likely N-dealkylation sites (N-methyl/N-ethyl adjacent to an activating group) is 1. The molecule has 0 aliphatic carbocycles. The van der Waals surface area contributed by atoms with Gasteiger partial charge in [-0.2, -0.15) is 0 Å². The second-order valence-electron chi connectivity index (χ2n) is 7.88. The molecule has 1 aromatic carbocycles. The van der Waals surface area contributed by atoms with Crippen molar-refractivity contribution in [2.75, 3.05) is 25.5 Å². The highest BCUT2D eigenvalue weighted by Gasteiger charge is 2.12. The molecule has 0 unspecified atom stereocenters. The van der Waals surface area contributed by atoms with Crippen LogP contribution in [0.4, 0.5) is 5.82 Å². The first kappa shape index (κ1) is 19.7. The Hall–Kier alpha value is -3.28. The molecule has 1 N–H and O–H groups in total. The fraction of sp³-hybridized carbons (Fsp3) is 0.154. The van der Waals surface area contributed by atoms with E-state index in [-0.39, 0.29) is 0 Å². The molecule has 0 spiro atoms. The van der Waals surface area contributed by atoms with E-state index >= 15 is 0 Å². The summed E-state index contributed by atoms with van der Waals surface area (Å²) in [4.78, 5) is 12.7. The van der Waals surface area contributed by atoms with Crippen LogP contribution >= 0.6 is 11.3 Å². The van der Waals surface area contributed by atoms with Crippen LogP contribution in [0.2, 0.25) is 0 Å². The number of hydrogen-bond donors (Lipinski definition) is 1. The molecule has 1 aliphatic heterocycles. The second kappa shape index (κ2) is 8.46. The van der Waals surface area contributed by atoms with Gasteiger partial charge in [-0.3, -0.25) is 4.98 Å². The van der Waals surface area contributed by atoms with Crippen LogP contribution in [0.25, 0.3) is 32.5 Å². The van der Waals surface area contributed by atoms with Crippen LogP contribution < -0.4 is 5.32 Å². The number of thiophene rings is 1. The number of aromatic nitrogens is 2. The first-order valence-corrected chi connectivity index (χ1v) is 11.3. The summed E-state index contributed by atoms with van der Waals surface area (Å²) in [6, 6.07) is 16.9. The first-order valence-electron chi connectivity index (χ1n) is 10.4. The molecular formula is C26H24N4S. The van der Waals surface area contributed by atoms with Crippen molar-refractivity contribution in [3.8, 4) is 10.4 Å². The fourth-order valence-electron chi connectivity index (χ4n) is 3.83. The Labute approximate surface area is 186 Å². The number of hydrogen-bond acceptors (Lipinski definition) is 5. The molecule has 5 heteroatoms. The highest BCUT2D eigenvalue weighted by Crippen LogP contribution is 2.29. The quantitative estimate of drug-likeness (QED) is 0.417. The molecule has 4 aromatic rings. The summed E-state index contributed by atoms with van der Waals surface area (Å²) in [6.07, 6.45) is 7.05. The molecule has 5 rings (SSSR count). The predicted molar refractivity (Wildman–Crippen MR) is 132 cm³/mol. The Morgan fingerprint density at radius 3 is 2.84 bits per heavy atom. The minimum absolute atomic E-state index is 0.790. The smallest absolute Gasteiger partial charge is 0.130 e. The maximum absolute atomic E-state index is 4.58. The summed E-state index contributed by atoms with van der Waals surface area (Å²) in [5, 5.41) is 7.77. The van der Waals surface area contributed by atoms with Crippen molar-refractivity contribution in [2.24, 2.45) is 0 Å². The molecule has 0 saturated carbocycles. The van der Waals surface area contributed by atoms with E-state index in [9.17, 15) is 0 Å². The topological polar surface area (TPSA) is 41.1 Å². The third kappa shape index (κ3) is 4.29. The van der Waals surface area contributed by atoms with Gasteiger partial charge in [-0.05, 0) is 65.7 Å². The molecule has 0 fully saturated rings. The molecule has 0 bridgehead atoms. The summed E-state index contributed by atoms with van der Waals surface area (Å²) in [5.41, 5.74) is 5.40. The molecule has 4 heterocycles. The van der Waals surface area contributed by atoms with E-state index in [1.807, 2.05) is 18.5 Å². The van der Waals surface area contributed by atoms with Crippen molar-refractivity contribution < 1.29 is 0 Å². The van der Waals surface area contributed by atoms with Gasteiger partial charge in [-0.25, -0.2) is 4.98 Å². The highest BCUT2D eigenvalue weighted by molar-refractivity contribution is 7.13. The average molecular weight is 425 g/mol. The van der Waals surface area contributed by atoms with E-state index in [2.05, 4.69) is 87.7 Å². The van der Waals surface area contributed by atoms with E-state index in [1.54, 1.807) is 11.3 Å². The molecule has 4 nitrogen and oxygen atoms in total. The van der Waals surface area contributed by atoms with Crippen LogP contribution in [0.1, 0.15) is 17.7 Å². The molecule has 1 aliphatic rings. The van der Waals surface area contributed by atoms with Gasteiger partial charge in [0, 0.05) is 47.0 Å². The van der Waals surface area contributed by atoms with Crippen LogP contribution in [0.5, 0.6) is 0 Å². The molecule has 31 heavy (non-hydrogen) atoms. The van der Waals surface area contributed by atoms with Crippen molar-refractivity contribution in [3.05, 3.63) is 90.2 Å². The maximum atomic E-state index is 4.58. The zero-order chi connectivity index (χ0) is 21.2. The first-order chi connectivity index (χ1) is 15.2. The molecule has 0 atom stereocenters. The largest absolute Gasteiger partial charge is 0.340 e. The summed E-state index contributed by atoms with van der Waals surface area (Å²) < 4.78 is 0. The molecular weight excluding hydrogens is 400 g/mol. The van der Waals surface area contributed by atoms with Gasteiger partial charge in [0.15, 0.2) is 0 Å². The van der Waals surface area contributed by atoms with E-state index in [1.165, 1.54) is 16.0 Å². The van der Waals surface area contributed by atoms with Gasteiger partial charge in [-0.1, -0.05) is 30.9 Å². The van der Waals surface area contributed by atoms with Crippen LogP contribution in [0.3, 0.4) is 0 Å². The number of benzene rings is 1. The molecule has 0 radical (unpaired) electrons. The third-order valence-corrected chi connectivity index (χ3v) is 6.57. The molecule has 154 valence electrons. The lowest BCUT2D eigenvalue weighted by molar-refractivity contribution is 0.370. The van der Waals surface area contributed by atoms with Crippen LogP contribution in [-0.2, 0) is 0 Å². The lowest BCUT2D eigenvalue weighted by Crippen LogP contribution is -2.23. The minimum atomic E-state index is 0.790. The predicted octanol–water partition coefficient (Wildman–Crippen LogP) is 6.16. The zero-order valence-corrected chi connectivity index (χ0v) is 18.3. The Kier molecular flexibility index (Phi) is 5.37. The number of nitrogens with one attached hydrogen (secondary N) is 1. The maximum Gasteiger partial charge on any atom is 0.130 e. The van der Waals surface area contributed by atoms with Crippen molar-refractivity contribution in [3.63, 3.8) is 0 Å². The standard InChI is InChI=1S/C26H24N4S/c1-18(20-7-10-27-24(15-20)19-8-11-30(2)12-9-19)29-26-16-23-14-21(25-4-3-13-31-25)5-6-22(23)17-28-26/h3-8,10,13-17H,1,9,11-12H2,2H3,(H,28,29). The van der Waals surface area contributed by atoms with Crippen LogP contribution in [-0.4, -0.2) is 35.0 Å². The van der Waals surface area contributed by atoms with Gasteiger partial charge in [-0.15, -0.1) is 11.3 Å². The highest BCUT2D eigenvalue weighted by atomic mass is 32.1. The molecule has 0 amide bonds. The number of rotatable bonds is 5. The second-order valence-corrected chi connectivity index (χ2v) is 8.83. The minimum Gasteiger partial charge on any atom is -0.340 e. The Morgan fingerprint density at radius 1 is 1.10 bits per heavy atom. The van der Waals surface area contributed by atoms with E-state index in [0.717, 1.165) is 53.1 Å². The monoisotopic (exact) mass is 424 g/mol. The lowest BCUT2D eigenvalue weighted by atomic mass is 10.0.